The van der Waals surface area contributed by atoms with Gasteiger partial charge in [0.1, 0.15) is 0 Å². The van der Waals surface area contributed by atoms with E-state index in [-0.39, 0.29) is 5.91 Å². The average molecular weight is 278 g/mol. The first-order valence-electron chi connectivity index (χ1n) is 5.52. The molecule has 0 saturated carbocycles. The molecule has 0 bridgehead atoms. The van der Waals surface area contributed by atoms with Gasteiger partial charge in [-0.05, 0) is 35.4 Å². The molecule has 0 atom stereocenters. The Morgan fingerprint density at radius 2 is 1.78 bits per heavy atom. The van der Waals surface area contributed by atoms with Crippen molar-refractivity contribution in [3.8, 4) is 11.1 Å². The first-order chi connectivity index (χ1) is 8.63. The molecule has 3 rings (SSSR count). The normalized spacial score (nSPS) is 13.3. The van der Waals surface area contributed by atoms with Crippen LogP contribution in [0.3, 0.4) is 0 Å². The summed E-state index contributed by atoms with van der Waals surface area (Å²) in [6, 6.07) is 11.2. The van der Waals surface area contributed by atoms with Gasteiger partial charge in [0.05, 0.1) is 11.4 Å². The Balaban J connectivity index is 2.11. The molecule has 0 aromatic heterocycles. The number of hydrogen-bond donors (Lipinski definition) is 1. The Morgan fingerprint density at radius 3 is 2.50 bits per heavy atom. The highest BCUT2D eigenvalue weighted by Crippen LogP contribution is 2.35. The fourth-order valence-electron chi connectivity index (χ4n) is 2.10. The fraction of sp³-hybridized carbons (Fsp3) is 0.0714. The Kier molecular flexibility index (Phi) is 2.77. The van der Waals surface area contributed by atoms with Crippen LogP contribution >= 0.6 is 23.2 Å². The van der Waals surface area contributed by atoms with Crippen LogP contribution in [0.15, 0.2) is 36.4 Å². The van der Waals surface area contributed by atoms with Gasteiger partial charge in [0.2, 0.25) is 5.91 Å². The average Bonchev–Trinajstić information content (AvgIpc) is 2.68. The quantitative estimate of drug-likeness (QED) is 0.834. The molecule has 2 nitrogen and oxygen atoms in total. The summed E-state index contributed by atoms with van der Waals surface area (Å²) < 4.78 is 0. The molecule has 0 saturated heterocycles. The molecule has 18 heavy (non-hydrogen) atoms. The first kappa shape index (κ1) is 11.6. The van der Waals surface area contributed by atoms with E-state index in [9.17, 15) is 4.79 Å². The van der Waals surface area contributed by atoms with Gasteiger partial charge in [0.25, 0.3) is 0 Å². The molecule has 2 aromatic carbocycles. The molecule has 1 N–H and O–H groups in total. The molecule has 1 aliphatic rings. The summed E-state index contributed by atoms with van der Waals surface area (Å²) in [5, 5.41) is 4.09. The van der Waals surface area contributed by atoms with E-state index in [1.54, 1.807) is 6.07 Å². The highest BCUT2D eigenvalue weighted by molar-refractivity contribution is 6.34. The summed E-state index contributed by atoms with van der Waals surface area (Å²) in [5.74, 6) is 0.00863. The zero-order valence-electron chi connectivity index (χ0n) is 9.34. The number of anilines is 1. The van der Waals surface area contributed by atoms with Gasteiger partial charge < -0.3 is 5.32 Å². The summed E-state index contributed by atoms with van der Waals surface area (Å²) in [6.45, 7) is 0. The van der Waals surface area contributed by atoms with Crippen molar-refractivity contribution >= 4 is 34.8 Å². The standard InChI is InChI=1S/C14H9Cl2NO/c15-10-3-1-8(2-4-10)11-5-9-6-14(18)17-13(9)7-12(11)16/h1-5,7H,6H2,(H,17,18). The van der Waals surface area contributed by atoms with Crippen LogP contribution in [-0.2, 0) is 11.2 Å². The van der Waals surface area contributed by atoms with Gasteiger partial charge in [0.15, 0.2) is 0 Å². The van der Waals surface area contributed by atoms with Crippen LogP contribution < -0.4 is 5.32 Å². The zero-order valence-corrected chi connectivity index (χ0v) is 10.8. The number of amides is 1. The van der Waals surface area contributed by atoms with Crippen LogP contribution in [0, 0.1) is 0 Å². The lowest BCUT2D eigenvalue weighted by atomic mass is 10.0. The molecule has 0 fully saturated rings. The van der Waals surface area contributed by atoms with Crippen LogP contribution in [0.2, 0.25) is 10.0 Å². The third kappa shape index (κ3) is 1.98. The molecule has 4 heteroatoms. The summed E-state index contributed by atoms with van der Waals surface area (Å²) in [4.78, 5) is 11.3. The van der Waals surface area contributed by atoms with E-state index >= 15 is 0 Å². The lowest BCUT2D eigenvalue weighted by molar-refractivity contribution is -0.115. The molecule has 2 aromatic rings. The fourth-order valence-corrected chi connectivity index (χ4v) is 2.50. The Morgan fingerprint density at radius 1 is 1.06 bits per heavy atom. The maximum atomic E-state index is 11.3. The zero-order chi connectivity index (χ0) is 12.7. The molecule has 1 amide bonds. The van der Waals surface area contributed by atoms with Crippen molar-refractivity contribution in [2.75, 3.05) is 5.32 Å². The molecule has 0 spiro atoms. The predicted octanol–water partition coefficient (Wildman–Crippen LogP) is 4.16. The molecule has 1 heterocycles. The van der Waals surface area contributed by atoms with Crippen LogP contribution in [0.5, 0.6) is 0 Å². The van der Waals surface area contributed by atoms with E-state index in [1.165, 1.54) is 0 Å². The largest absolute Gasteiger partial charge is 0.325 e. The number of fused-ring (bicyclic) bond motifs is 1. The first-order valence-corrected chi connectivity index (χ1v) is 6.27. The minimum absolute atomic E-state index is 0.00863. The monoisotopic (exact) mass is 277 g/mol. The Bertz CT molecular complexity index is 635. The third-order valence-electron chi connectivity index (χ3n) is 2.97. The van der Waals surface area contributed by atoms with Gasteiger partial charge in [0, 0.05) is 16.3 Å². The van der Waals surface area contributed by atoms with E-state index in [0.29, 0.717) is 16.5 Å². The van der Waals surface area contributed by atoms with Gasteiger partial charge in [-0.25, -0.2) is 0 Å². The van der Waals surface area contributed by atoms with Crippen LogP contribution in [0.4, 0.5) is 5.69 Å². The number of carbonyl (C=O) groups is 1. The molecule has 0 unspecified atom stereocenters. The highest BCUT2D eigenvalue weighted by Gasteiger charge is 2.19. The molecular formula is C14H9Cl2NO. The second-order valence-corrected chi connectivity index (χ2v) is 5.06. The molecule has 1 aliphatic heterocycles. The third-order valence-corrected chi connectivity index (χ3v) is 3.54. The van der Waals surface area contributed by atoms with Gasteiger partial charge >= 0.3 is 0 Å². The summed E-state index contributed by atoms with van der Waals surface area (Å²) in [6.07, 6.45) is 0.410. The smallest absolute Gasteiger partial charge is 0.228 e. The number of carbonyl (C=O) groups excluding carboxylic acids is 1. The van der Waals surface area contributed by atoms with Crippen molar-refractivity contribution in [1.82, 2.24) is 0 Å². The van der Waals surface area contributed by atoms with Crippen molar-refractivity contribution in [3.63, 3.8) is 0 Å². The van der Waals surface area contributed by atoms with Gasteiger partial charge in [-0.1, -0.05) is 35.3 Å². The molecular weight excluding hydrogens is 269 g/mol. The van der Waals surface area contributed by atoms with E-state index < -0.39 is 0 Å². The maximum Gasteiger partial charge on any atom is 0.228 e. The van der Waals surface area contributed by atoms with Gasteiger partial charge in [-0.15, -0.1) is 0 Å². The van der Waals surface area contributed by atoms with Gasteiger partial charge in [-0.3, -0.25) is 4.79 Å². The number of halogens is 2. The number of nitrogens with one attached hydrogen (secondary N) is 1. The Hall–Kier alpha value is -1.51. The van der Waals surface area contributed by atoms with Crippen molar-refractivity contribution < 1.29 is 4.79 Å². The summed E-state index contributed by atoms with van der Waals surface area (Å²) >= 11 is 12.1. The van der Waals surface area contributed by atoms with Crippen molar-refractivity contribution in [2.24, 2.45) is 0 Å². The second-order valence-electron chi connectivity index (χ2n) is 4.22. The maximum absolute atomic E-state index is 11.3. The van der Waals surface area contributed by atoms with Gasteiger partial charge in [-0.2, -0.15) is 0 Å². The van der Waals surface area contributed by atoms with Crippen molar-refractivity contribution in [3.05, 3.63) is 52.0 Å². The minimum atomic E-state index is 0.00863. The van der Waals surface area contributed by atoms with E-state index in [1.807, 2.05) is 30.3 Å². The minimum Gasteiger partial charge on any atom is -0.325 e. The second kappa shape index (κ2) is 4.30. The lowest BCUT2D eigenvalue weighted by Crippen LogP contribution is -2.03. The highest BCUT2D eigenvalue weighted by atomic mass is 35.5. The van der Waals surface area contributed by atoms with Crippen LogP contribution in [0.25, 0.3) is 11.1 Å². The number of benzene rings is 2. The van der Waals surface area contributed by atoms with Crippen molar-refractivity contribution in [2.45, 2.75) is 6.42 Å². The number of hydrogen-bond acceptors (Lipinski definition) is 1. The van der Waals surface area contributed by atoms with E-state index in [4.69, 9.17) is 23.2 Å². The molecule has 90 valence electrons. The SMILES string of the molecule is O=C1Cc2cc(-c3ccc(Cl)cc3)c(Cl)cc2N1. The van der Waals surface area contributed by atoms with Crippen LogP contribution in [-0.4, -0.2) is 5.91 Å². The Labute approximate surface area is 115 Å². The van der Waals surface area contributed by atoms with E-state index in [2.05, 4.69) is 5.32 Å². The molecule has 0 radical (unpaired) electrons. The summed E-state index contributed by atoms with van der Waals surface area (Å²) in [5.41, 5.74) is 3.70. The lowest BCUT2D eigenvalue weighted by Gasteiger charge is -2.07. The predicted molar refractivity (Wildman–Crippen MR) is 74.2 cm³/mol. The number of rotatable bonds is 1. The van der Waals surface area contributed by atoms with Crippen molar-refractivity contribution in [1.29, 1.82) is 0 Å². The molecule has 0 aliphatic carbocycles. The summed E-state index contributed by atoms with van der Waals surface area (Å²) in [7, 11) is 0. The van der Waals surface area contributed by atoms with E-state index in [0.717, 1.165) is 22.4 Å². The topological polar surface area (TPSA) is 29.1 Å². The van der Waals surface area contributed by atoms with Crippen LogP contribution in [0.1, 0.15) is 5.56 Å².